The van der Waals surface area contributed by atoms with Crippen LogP contribution in [0.2, 0.25) is 0 Å². The van der Waals surface area contributed by atoms with Crippen molar-refractivity contribution in [3.63, 3.8) is 0 Å². The molecule has 37 heavy (non-hydrogen) atoms. The topological polar surface area (TPSA) is 104 Å². The summed E-state index contributed by atoms with van der Waals surface area (Å²) in [7, 11) is 2.12. The van der Waals surface area contributed by atoms with Crippen LogP contribution in [0.4, 0.5) is 17.2 Å². The molecule has 0 saturated carbocycles. The Morgan fingerprint density at radius 1 is 1.19 bits per heavy atom. The van der Waals surface area contributed by atoms with Gasteiger partial charge in [0.1, 0.15) is 11.4 Å². The number of anilines is 3. The van der Waals surface area contributed by atoms with E-state index in [-0.39, 0.29) is 11.6 Å². The molecule has 1 aromatic heterocycles. The van der Waals surface area contributed by atoms with Gasteiger partial charge in [0.25, 0.3) is 0 Å². The lowest BCUT2D eigenvalue weighted by Crippen LogP contribution is -2.69. The highest BCUT2D eigenvalue weighted by atomic mass is 16.5. The molecule has 1 spiro atoms. The number of nitrogen functional groups attached to an aromatic ring is 1. The van der Waals surface area contributed by atoms with E-state index in [2.05, 4.69) is 58.3 Å². The SMILES string of the molecule is CCc1cc(NC(=O)C(=O)N2C[C@@H](C)CC[C@@H]2c2ccc(N3CCOC4(CN(C)C4)C3)cc2)cnc1N. The highest BCUT2D eigenvalue weighted by Crippen LogP contribution is 2.35. The van der Waals surface area contributed by atoms with E-state index in [1.807, 2.05) is 6.92 Å². The van der Waals surface area contributed by atoms with Crippen LogP contribution in [0.25, 0.3) is 0 Å². The van der Waals surface area contributed by atoms with Crippen LogP contribution in [0.3, 0.4) is 0 Å². The molecule has 2 atom stereocenters. The van der Waals surface area contributed by atoms with Crippen molar-refractivity contribution >= 4 is 29.0 Å². The number of aromatic nitrogens is 1. The summed E-state index contributed by atoms with van der Waals surface area (Å²) in [5.41, 5.74) is 9.38. The number of nitrogens with two attached hydrogens (primary N) is 1. The van der Waals surface area contributed by atoms with E-state index in [0.29, 0.717) is 30.4 Å². The smallest absolute Gasteiger partial charge is 0.313 e. The highest BCUT2D eigenvalue weighted by Gasteiger charge is 2.45. The number of rotatable bonds is 4. The van der Waals surface area contributed by atoms with Gasteiger partial charge < -0.3 is 30.5 Å². The molecular weight excluding hydrogens is 468 g/mol. The number of hydrogen-bond donors (Lipinski definition) is 2. The Balaban J connectivity index is 1.29. The Bertz CT molecular complexity index is 1140. The number of piperidine rings is 1. The standard InChI is InChI=1S/C28H38N6O3/c1-4-20-13-22(14-30-25(20)29)31-26(35)27(36)34-15-19(2)5-10-24(34)21-6-8-23(9-7-21)33-11-12-37-28(18-33)16-32(3)17-28/h6-9,13-14,19,24H,4-5,10-12,15-18H2,1-3H3,(H2,29,30)(H,31,35)/t19-,24+/m0/s1. The van der Waals surface area contributed by atoms with E-state index >= 15 is 0 Å². The summed E-state index contributed by atoms with van der Waals surface area (Å²) < 4.78 is 6.10. The van der Waals surface area contributed by atoms with E-state index < -0.39 is 11.8 Å². The molecule has 2 amide bonds. The lowest BCUT2D eigenvalue weighted by molar-refractivity contribution is -0.146. The number of nitrogens with zero attached hydrogens (tertiary/aromatic N) is 4. The Hall–Kier alpha value is -3.17. The maximum atomic E-state index is 13.3. The normalized spacial score (nSPS) is 23.5. The van der Waals surface area contributed by atoms with Gasteiger partial charge in [-0.3, -0.25) is 9.59 Å². The van der Waals surface area contributed by atoms with E-state index in [4.69, 9.17) is 10.5 Å². The van der Waals surface area contributed by atoms with Gasteiger partial charge in [-0.15, -0.1) is 0 Å². The van der Waals surface area contributed by atoms with Gasteiger partial charge in [-0.05, 0) is 61.6 Å². The van der Waals surface area contributed by atoms with Crippen LogP contribution in [-0.2, 0) is 20.7 Å². The van der Waals surface area contributed by atoms with Crippen LogP contribution in [0.5, 0.6) is 0 Å². The lowest BCUT2D eigenvalue weighted by atomic mass is 9.89. The molecule has 5 rings (SSSR count). The van der Waals surface area contributed by atoms with Gasteiger partial charge in [-0.1, -0.05) is 26.0 Å². The van der Waals surface area contributed by atoms with Gasteiger partial charge in [-0.2, -0.15) is 0 Å². The zero-order valence-electron chi connectivity index (χ0n) is 22.1. The van der Waals surface area contributed by atoms with Crippen molar-refractivity contribution in [3.8, 4) is 0 Å². The molecule has 0 radical (unpaired) electrons. The number of likely N-dealkylation sites (N-methyl/N-ethyl adjacent to an activating group) is 1. The first-order chi connectivity index (χ1) is 17.8. The van der Waals surface area contributed by atoms with Gasteiger partial charge in [0.15, 0.2) is 0 Å². The number of hydrogen-bond acceptors (Lipinski definition) is 7. The minimum atomic E-state index is -0.645. The zero-order chi connectivity index (χ0) is 26.2. The minimum Gasteiger partial charge on any atom is -0.383 e. The third-order valence-electron chi connectivity index (χ3n) is 7.92. The number of ether oxygens (including phenoxy) is 1. The number of pyridine rings is 1. The molecule has 0 bridgehead atoms. The van der Waals surface area contributed by atoms with Crippen LogP contribution >= 0.6 is 0 Å². The van der Waals surface area contributed by atoms with E-state index in [1.54, 1.807) is 11.0 Å². The second-order valence-corrected chi connectivity index (χ2v) is 10.9. The summed E-state index contributed by atoms with van der Waals surface area (Å²) in [4.78, 5) is 36.9. The average Bonchev–Trinajstić information content (AvgIpc) is 2.88. The fraction of sp³-hybridized carbons (Fsp3) is 0.536. The van der Waals surface area contributed by atoms with Crippen LogP contribution in [0, 0.1) is 5.92 Å². The predicted octanol–water partition coefficient (Wildman–Crippen LogP) is 2.69. The second kappa shape index (κ2) is 10.3. The third-order valence-corrected chi connectivity index (χ3v) is 7.92. The molecular formula is C28H38N6O3. The van der Waals surface area contributed by atoms with Crippen molar-refractivity contribution in [1.82, 2.24) is 14.8 Å². The first kappa shape index (κ1) is 25.5. The molecule has 2 aromatic rings. The summed E-state index contributed by atoms with van der Waals surface area (Å²) in [5.74, 6) is -0.386. The zero-order valence-corrected chi connectivity index (χ0v) is 22.1. The highest BCUT2D eigenvalue weighted by molar-refractivity contribution is 6.39. The maximum absolute atomic E-state index is 13.3. The average molecular weight is 507 g/mol. The van der Waals surface area contributed by atoms with Crippen molar-refractivity contribution in [3.05, 3.63) is 47.7 Å². The van der Waals surface area contributed by atoms with Crippen LogP contribution in [0.15, 0.2) is 36.5 Å². The van der Waals surface area contributed by atoms with Crippen LogP contribution < -0.4 is 16.0 Å². The lowest BCUT2D eigenvalue weighted by Gasteiger charge is -2.53. The Morgan fingerprint density at radius 3 is 2.65 bits per heavy atom. The predicted molar refractivity (Wildman–Crippen MR) is 144 cm³/mol. The van der Waals surface area contributed by atoms with Crippen LogP contribution in [-0.4, -0.2) is 78.6 Å². The number of amides is 2. The Morgan fingerprint density at radius 2 is 1.95 bits per heavy atom. The quantitative estimate of drug-likeness (QED) is 0.615. The summed E-state index contributed by atoms with van der Waals surface area (Å²) in [6.45, 7) is 9.08. The minimum absolute atomic E-state index is 0.0559. The van der Waals surface area contributed by atoms with Gasteiger partial charge in [0.2, 0.25) is 0 Å². The number of nitrogens with one attached hydrogen (secondary N) is 1. The number of morpholine rings is 1. The van der Waals surface area contributed by atoms with E-state index in [9.17, 15) is 9.59 Å². The first-order valence-electron chi connectivity index (χ1n) is 13.3. The van der Waals surface area contributed by atoms with Crippen molar-refractivity contribution in [2.45, 2.75) is 44.8 Å². The van der Waals surface area contributed by atoms with Crippen molar-refractivity contribution < 1.29 is 14.3 Å². The van der Waals surface area contributed by atoms with Gasteiger partial charge >= 0.3 is 11.8 Å². The molecule has 0 unspecified atom stereocenters. The molecule has 0 aliphatic carbocycles. The molecule has 3 saturated heterocycles. The molecule has 3 aliphatic heterocycles. The third kappa shape index (κ3) is 5.29. The molecule has 4 heterocycles. The number of carbonyl (C=O) groups excluding carboxylic acids is 2. The Labute approximate surface area is 219 Å². The summed E-state index contributed by atoms with van der Waals surface area (Å²) in [6, 6.07) is 10.2. The monoisotopic (exact) mass is 506 g/mol. The van der Waals surface area contributed by atoms with Gasteiger partial charge in [0.05, 0.1) is 24.5 Å². The fourth-order valence-electron chi connectivity index (χ4n) is 6.01. The molecule has 3 N–H and O–H groups in total. The van der Waals surface area contributed by atoms with Crippen molar-refractivity contribution in [2.24, 2.45) is 5.92 Å². The molecule has 1 aromatic carbocycles. The number of aryl methyl sites for hydroxylation is 1. The summed E-state index contributed by atoms with van der Waals surface area (Å²) in [5, 5.41) is 2.73. The van der Waals surface area contributed by atoms with E-state index in [0.717, 1.165) is 56.8 Å². The fourth-order valence-corrected chi connectivity index (χ4v) is 6.01. The summed E-state index contributed by atoms with van der Waals surface area (Å²) >= 11 is 0. The molecule has 3 fully saturated rings. The Kier molecular flexibility index (Phi) is 7.09. The van der Waals surface area contributed by atoms with Crippen LogP contribution in [0.1, 0.15) is 43.9 Å². The van der Waals surface area contributed by atoms with Crippen molar-refractivity contribution in [2.75, 3.05) is 62.3 Å². The van der Waals surface area contributed by atoms with E-state index in [1.165, 1.54) is 11.9 Å². The molecule has 3 aliphatic rings. The van der Waals surface area contributed by atoms with Gasteiger partial charge in [0, 0.05) is 38.4 Å². The maximum Gasteiger partial charge on any atom is 0.313 e. The second-order valence-electron chi connectivity index (χ2n) is 10.9. The first-order valence-corrected chi connectivity index (χ1v) is 13.3. The number of benzene rings is 1. The molecule has 9 nitrogen and oxygen atoms in total. The largest absolute Gasteiger partial charge is 0.383 e. The van der Waals surface area contributed by atoms with Crippen molar-refractivity contribution in [1.29, 1.82) is 0 Å². The summed E-state index contributed by atoms with van der Waals surface area (Å²) in [6.07, 6.45) is 4.03. The number of likely N-dealkylation sites (tertiary alicyclic amines) is 2. The number of carbonyl (C=O) groups is 2. The molecule has 9 heteroatoms. The van der Waals surface area contributed by atoms with Gasteiger partial charge in [-0.25, -0.2) is 4.98 Å². The molecule has 198 valence electrons.